The second-order valence-corrected chi connectivity index (χ2v) is 6.77. The highest BCUT2D eigenvalue weighted by Crippen LogP contribution is 2.26. The first-order valence-electron chi connectivity index (χ1n) is 6.85. The smallest absolute Gasteiger partial charge is 0.304 e. The lowest BCUT2D eigenvalue weighted by Crippen LogP contribution is -2.25. The van der Waals surface area contributed by atoms with E-state index in [1.165, 1.54) is 5.56 Å². The van der Waals surface area contributed by atoms with Gasteiger partial charge in [-0.3, -0.25) is 4.79 Å². The van der Waals surface area contributed by atoms with Crippen LogP contribution >= 0.6 is 11.6 Å². The molecule has 0 aliphatic heterocycles. The van der Waals surface area contributed by atoms with E-state index in [4.69, 9.17) is 16.7 Å². The Morgan fingerprint density at radius 2 is 1.85 bits per heavy atom. The Bertz CT molecular complexity index is 437. The minimum absolute atomic E-state index is 0.122. The van der Waals surface area contributed by atoms with E-state index in [9.17, 15) is 4.79 Å². The fourth-order valence-corrected chi connectivity index (χ4v) is 2.33. The van der Waals surface area contributed by atoms with E-state index in [2.05, 4.69) is 45.0 Å². The van der Waals surface area contributed by atoms with E-state index in [-0.39, 0.29) is 17.2 Å². The van der Waals surface area contributed by atoms with Gasteiger partial charge < -0.3 is 10.0 Å². The number of carbonyl (C=O) groups is 1. The van der Waals surface area contributed by atoms with Crippen LogP contribution in [0.3, 0.4) is 0 Å². The molecule has 0 spiro atoms. The number of carboxylic acids is 1. The van der Waals surface area contributed by atoms with Gasteiger partial charge in [0.05, 0.1) is 11.8 Å². The van der Waals surface area contributed by atoms with Gasteiger partial charge in [0.1, 0.15) is 0 Å². The second kappa shape index (κ2) is 7.09. The number of alkyl halides is 1. The average Bonchev–Trinajstić information content (AvgIpc) is 2.35. The van der Waals surface area contributed by atoms with Gasteiger partial charge in [0.2, 0.25) is 0 Å². The van der Waals surface area contributed by atoms with Crippen LogP contribution in [0.2, 0.25) is 0 Å². The van der Waals surface area contributed by atoms with E-state index in [1.54, 1.807) is 0 Å². The molecule has 0 fully saturated rings. The van der Waals surface area contributed by atoms with E-state index in [0.717, 1.165) is 5.56 Å². The van der Waals surface area contributed by atoms with Crippen molar-refractivity contribution in [2.45, 2.75) is 38.0 Å². The van der Waals surface area contributed by atoms with Crippen molar-refractivity contribution in [2.24, 2.45) is 0 Å². The standard InChI is InChI=1S/C16H24ClNO2/c1-16(2,3)13-7-5-12(6-8-13)14(17)11-18(4)10-9-15(19)20/h5-8,14H,9-11H2,1-4H3,(H,19,20). The number of hydrogen-bond donors (Lipinski definition) is 1. The summed E-state index contributed by atoms with van der Waals surface area (Å²) in [6.07, 6.45) is 0.142. The van der Waals surface area contributed by atoms with Gasteiger partial charge in [-0.15, -0.1) is 11.6 Å². The Morgan fingerprint density at radius 3 is 2.30 bits per heavy atom. The third-order valence-corrected chi connectivity index (χ3v) is 3.71. The summed E-state index contributed by atoms with van der Waals surface area (Å²) < 4.78 is 0. The Hall–Kier alpha value is -1.06. The van der Waals surface area contributed by atoms with Crippen molar-refractivity contribution in [1.29, 1.82) is 0 Å². The molecule has 0 aromatic heterocycles. The monoisotopic (exact) mass is 297 g/mol. The molecule has 3 nitrogen and oxygen atoms in total. The zero-order valence-corrected chi connectivity index (χ0v) is 13.4. The summed E-state index contributed by atoms with van der Waals surface area (Å²) in [5, 5.41) is 8.54. The molecule has 1 unspecified atom stereocenters. The molecule has 0 aliphatic carbocycles. The van der Waals surface area contributed by atoms with Gasteiger partial charge in [-0.05, 0) is 23.6 Å². The summed E-state index contributed by atoms with van der Waals surface area (Å²) in [5.41, 5.74) is 2.49. The van der Waals surface area contributed by atoms with Crippen molar-refractivity contribution in [3.8, 4) is 0 Å². The Labute approximate surface area is 126 Å². The highest BCUT2D eigenvalue weighted by atomic mass is 35.5. The molecule has 0 aliphatic rings. The summed E-state index contributed by atoms with van der Waals surface area (Å²) >= 11 is 6.39. The fraction of sp³-hybridized carbons (Fsp3) is 0.562. The minimum atomic E-state index is -0.780. The van der Waals surface area contributed by atoms with Gasteiger partial charge in [0.25, 0.3) is 0 Å². The number of carboxylic acid groups (broad SMARTS) is 1. The van der Waals surface area contributed by atoms with E-state index in [1.807, 2.05) is 11.9 Å². The Kier molecular flexibility index (Phi) is 6.03. The largest absolute Gasteiger partial charge is 0.481 e. The summed E-state index contributed by atoms with van der Waals surface area (Å²) in [5.74, 6) is -0.780. The maximum absolute atomic E-state index is 10.5. The van der Waals surface area contributed by atoms with Crippen LogP contribution in [-0.4, -0.2) is 36.1 Å². The van der Waals surface area contributed by atoms with E-state index in [0.29, 0.717) is 13.1 Å². The van der Waals surface area contributed by atoms with Gasteiger partial charge in [0.15, 0.2) is 0 Å². The molecule has 0 heterocycles. The maximum atomic E-state index is 10.5. The number of likely N-dealkylation sites (N-methyl/N-ethyl adjacent to an activating group) is 1. The Morgan fingerprint density at radius 1 is 1.30 bits per heavy atom. The molecule has 0 saturated carbocycles. The van der Waals surface area contributed by atoms with Crippen molar-refractivity contribution in [3.63, 3.8) is 0 Å². The summed E-state index contributed by atoms with van der Waals surface area (Å²) in [6, 6.07) is 8.34. The SMILES string of the molecule is CN(CCC(=O)O)CC(Cl)c1ccc(C(C)(C)C)cc1. The molecular formula is C16H24ClNO2. The predicted molar refractivity (Wildman–Crippen MR) is 83.5 cm³/mol. The van der Waals surface area contributed by atoms with Gasteiger partial charge in [-0.2, -0.15) is 0 Å². The molecule has 112 valence electrons. The Balaban J connectivity index is 2.59. The number of aliphatic carboxylic acids is 1. The van der Waals surface area contributed by atoms with E-state index < -0.39 is 5.97 Å². The van der Waals surface area contributed by atoms with Crippen molar-refractivity contribution in [1.82, 2.24) is 4.90 Å². The highest BCUT2D eigenvalue weighted by molar-refractivity contribution is 6.21. The summed E-state index contributed by atoms with van der Waals surface area (Å²) in [4.78, 5) is 12.5. The minimum Gasteiger partial charge on any atom is -0.481 e. The van der Waals surface area contributed by atoms with Gasteiger partial charge in [0, 0.05) is 13.1 Å². The number of nitrogens with zero attached hydrogens (tertiary/aromatic N) is 1. The number of hydrogen-bond acceptors (Lipinski definition) is 2. The molecule has 0 radical (unpaired) electrons. The van der Waals surface area contributed by atoms with Crippen LogP contribution in [0.25, 0.3) is 0 Å². The molecule has 1 aromatic rings. The molecule has 1 atom stereocenters. The maximum Gasteiger partial charge on any atom is 0.304 e. The molecule has 0 amide bonds. The van der Waals surface area contributed by atoms with Gasteiger partial charge in [-0.1, -0.05) is 45.0 Å². The molecule has 0 bridgehead atoms. The summed E-state index contributed by atoms with van der Waals surface area (Å²) in [7, 11) is 1.89. The molecule has 1 N–H and O–H groups in total. The van der Waals surface area contributed by atoms with Crippen LogP contribution in [0.15, 0.2) is 24.3 Å². The molecule has 4 heteroatoms. The number of benzene rings is 1. The molecule has 1 rings (SSSR count). The molecule has 1 aromatic carbocycles. The second-order valence-electron chi connectivity index (χ2n) is 6.25. The van der Waals surface area contributed by atoms with Gasteiger partial charge in [-0.25, -0.2) is 0 Å². The van der Waals surface area contributed by atoms with Crippen molar-refractivity contribution in [3.05, 3.63) is 35.4 Å². The fourth-order valence-electron chi connectivity index (χ4n) is 1.95. The highest BCUT2D eigenvalue weighted by Gasteiger charge is 2.15. The van der Waals surface area contributed by atoms with Crippen LogP contribution in [0.1, 0.15) is 43.7 Å². The lowest BCUT2D eigenvalue weighted by Gasteiger charge is -2.22. The van der Waals surface area contributed by atoms with Crippen LogP contribution in [-0.2, 0) is 10.2 Å². The average molecular weight is 298 g/mol. The molecular weight excluding hydrogens is 274 g/mol. The molecule has 0 saturated heterocycles. The number of rotatable bonds is 6. The number of halogens is 1. The van der Waals surface area contributed by atoms with Crippen LogP contribution in [0.5, 0.6) is 0 Å². The zero-order chi connectivity index (χ0) is 15.3. The first-order chi connectivity index (χ1) is 9.20. The normalized spacial score (nSPS) is 13.5. The first-order valence-corrected chi connectivity index (χ1v) is 7.28. The lowest BCUT2D eigenvalue weighted by molar-refractivity contribution is -0.137. The molecule has 20 heavy (non-hydrogen) atoms. The third kappa shape index (κ3) is 5.51. The van der Waals surface area contributed by atoms with Crippen LogP contribution in [0.4, 0.5) is 0 Å². The van der Waals surface area contributed by atoms with Crippen LogP contribution < -0.4 is 0 Å². The quantitative estimate of drug-likeness (QED) is 0.815. The zero-order valence-electron chi connectivity index (χ0n) is 12.7. The van der Waals surface area contributed by atoms with Crippen molar-refractivity contribution >= 4 is 17.6 Å². The van der Waals surface area contributed by atoms with Crippen molar-refractivity contribution in [2.75, 3.05) is 20.1 Å². The van der Waals surface area contributed by atoms with E-state index >= 15 is 0 Å². The van der Waals surface area contributed by atoms with Gasteiger partial charge >= 0.3 is 5.97 Å². The first kappa shape index (κ1) is 17.0. The lowest BCUT2D eigenvalue weighted by atomic mass is 9.86. The van der Waals surface area contributed by atoms with Crippen LogP contribution in [0, 0.1) is 0 Å². The summed E-state index contributed by atoms with van der Waals surface area (Å²) in [6.45, 7) is 7.70. The van der Waals surface area contributed by atoms with Crippen molar-refractivity contribution < 1.29 is 9.90 Å². The topological polar surface area (TPSA) is 40.5 Å². The predicted octanol–water partition coefficient (Wildman–Crippen LogP) is 3.67. The third-order valence-electron chi connectivity index (χ3n) is 3.32.